The third-order valence-electron chi connectivity index (χ3n) is 5.53. The zero-order valence-electron chi connectivity index (χ0n) is 20.2. The Kier molecular flexibility index (Phi) is 13.8. The zero-order chi connectivity index (χ0) is 27.1. The maximum absolute atomic E-state index is 13.1. The molecule has 0 spiro atoms. The maximum Gasteiger partial charge on any atom is 0.326 e. The van der Waals surface area contributed by atoms with Gasteiger partial charge in [0.15, 0.2) is 5.96 Å². The van der Waals surface area contributed by atoms with E-state index in [1.165, 1.54) is 0 Å². The van der Waals surface area contributed by atoms with Crippen LogP contribution >= 0.6 is 0 Å². The van der Waals surface area contributed by atoms with E-state index in [1.54, 1.807) is 0 Å². The number of unbranched alkanes of at least 4 members (excludes halogenated alkanes) is 1. The zero-order valence-corrected chi connectivity index (χ0v) is 20.2. The number of guanidine groups is 1. The second-order valence-corrected chi connectivity index (χ2v) is 8.50. The van der Waals surface area contributed by atoms with E-state index in [0.717, 1.165) is 6.42 Å². The van der Waals surface area contributed by atoms with Crippen LogP contribution in [0, 0.1) is 0 Å². The van der Waals surface area contributed by atoms with Gasteiger partial charge >= 0.3 is 11.9 Å². The second-order valence-electron chi connectivity index (χ2n) is 8.50. The first-order valence-electron chi connectivity index (χ1n) is 11.9. The first-order valence-corrected chi connectivity index (χ1v) is 11.9. The standard InChI is InChI=1S/C21H38N8O7/c22-8-2-1-5-13(19(34)29-15(20(35)36)11-16(30)31)28-18(33)14(7-4-10-26-21(23)24)27-17(32)12-6-3-9-25-12/h12-15,25H,1-11,22H2,(H,27,32)(H,28,33)(H,29,34)(H,30,31)(H,35,36)(H4,23,24,26). The minimum Gasteiger partial charge on any atom is -0.481 e. The van der Waals surface area contributed by atoms with Crippen LogP contribution in [0.2, 0.25) is 0 Å². The number of hydrogen-bond acceptors (Lipinski definition) is 8. The monoisotopic (exact) mass is 514 g/mol. The number of nitrogens with two attached hydrogens (primary N) is 3. The Morgan fingerprint density at radius 2 is 1.53 bits per heavy atom. The SMILES string of the molecule is NCCCCC(NC(=O)C(CCCN=C(N)N)NC(=O)C1CCCN1)C(=O)NC(CC(=O)O)C(=O)O. The number of hydrogen-bond donors (Lipinski definition) is 9. The molecular weight excluding hydrogens is 476 g/mol. The van der Waals surface area contributed by atoms with Crippen molar-refractivity contribution in [2.75, 3.05) is 19.6 Å². The fourth-order valence-corrected chi connectivity index (χ4v) is 3.63. The minimum absolute atomic E-state index is 0.110. The van der Waals surface area contributed by atoms with Gasteiger partial charge in [0, 0.05) is 6.54 Å². The van der Waals surface area contributed by atoms with Gasteiger partial charge in [-0.2, -0.15) is 0 Å². The Hall–Kier alpha value is -3.46. The van der Waals surface area contributed by atoms with Crippen molar-refractivity contribution >= 4 is 35.6 Å². The molecule has 4 unspecified atom stereocenters. The predicted molar refractivity (Wildman–Crippen MR) is 130 cm³/mol. The van der Waals surface area contributed by atoms with Crippen molar-refractivity contribution in [2.45, 2.75) is 75.5 Å². The molecule has 1 fully saturated rings. The third-order valence-corrected chi connectivity index (χ3v) is 5.53. The van der Waals surface area contributed by atoms with Crippen LogP contribution in [0.5, 0.6) is 0 Å². The van der Waals surface area contributed by atoms with Crippen molar-refractivity contribution in [3.05, 3.63) is 0 Å². The number of aliphatic imine (C=N–C) groups is 1. The molecule has 0 bridgehead atoms. The lowest BCUT2D eigenvalue weighted by Gasteiger charge is -2.25. The van der Waals surface area contributed by atoms with Crippen molar-refractivity contribution in [3.8, 4) is 0 Å². The fraction of sp³-hybridized carbons (Fsp3) is 0.714. The molecule has 4 atom stereocenters. The molecule has 1 saturated heterocycles. The lowest BCUT2D eigenvalue weighted by molar-refractivity contribution is -0.147. The molecule has 3 amide bonds. The number of rotatable bonds is 17. The highest BCUT2D eigenvalue weighted by Crippen LogP contribution is 2.09. The molecule has 1 heterocycles. The van der Waals surface area contributed by atoms with Gasteiger partial charge in [-0.05, 0) is 58.0 Å². The van der Waals surface area contributed by atoms with Crippen LogP contribution in [0.3, 0.4) is 0 Å². The molecule has 15 nitrogen and oxygen atoms in total. The topological polar surface area (TPSA) is 264 Å². The van der Waals surface area contributed by atoms with Crippen molar-refractivity contribution in [3.63, 3.8) is 0 Å². The van der Waals surface area contributed by atoms with Crippen molar-refractivity contribution in [1.29, 1.82) is 0 Å². The molecule has 1 rings (SSSR count). The van der Waals surface area contributed by atoms with E-state index in [2.05, 4.69) is 26.3 Å². The van der Waals surface area contributed by atoms with Gasteiger partial charge in [0.1, 0.15) is 18.1 Å². The Bertz CT molecular complexity index is 797. The van der Waals surface area contributed by atoms with E-state index >= 15 is 0 Å². The minimum atomic E-state index is -1.67. The number of carbonyl (C=O) groups excluding carboxylic acids is 3. The summed E-state index contributed by atoms with van der Waals surface area (Å²) in [5.41, 5.74) is 16.1. The molecule has 0 aromatic rings. The summed E-state index contributed by atoms with van der Waals surface area (Å²) in [6.07, 6.45) is 2.27. The van der Waals surface area contributed by atoms with E-state index in [9.17, 15) is 29.1 Å². The van der Waals surface area contributed by atoms with Gasteiger partial charge in [-0.15, -0.1) is 0 Å². The van der Waals surface area contributed by atoms with E-state index in [0.29, 0.717) is 38.8 Å². The van der Waals surface area contributed by atoms with Crippen LogP contribution < -0.4 is 38.5 Å². The van der Waals surface area contributed by atoms with Gasteiger partial charge in [0.2, 0.25) is 17.7 Å². The van der Waals surface area contributed by atoms with E-state index in [4.69, 9.17) is 22.3 Å². The largest absolute Gasteiger partial charge is 0.481 e. The number of carboxylic acids is 2. The smallest absolute Gasteiger partial charge is 0.326 e. The lowest BCUT2D eigenvalue weighted by atomic mass is 10.0. The predicted octanol–water partition coefficient (Wildman–Crippen LogP) is -3.07. The normalized spacial score (nSPS) is 17.3. The number of nitrogens with zero attached hydrogens (tertiary/aromatic N) is 1. The summed E-state index contributed by atoms with van der Waals surface area (Å²) in [6, 6.07) is -4.28. The molecule has 15 heteroatoms. The Morgan fingerprint density at radius 3 is 2.06 bits per heavy atom. The molecule has 12 N–H and O–H groups in total. The number of amides is 3. The van der Waals surface area contributed by atoms with Crippen LogP contribution in [0.15, 0.2) is 4.99 Å². The number of nitrogens with one attached hydrogen (secondary N) is 4. The average molecular weight is 515 g/mol. The molecule has 1 aliphatic heterocycles. The summed E-state index contributed by atoms with van der Waals surface area (Å²) in [4.78, 5) is 64.7. The van der Waals surface area contributed by atoms with Crippen LogP contribution in [-0.2, 0) is 24.0 Å². The molecule has 0 saturated carbocycles. The van der Waals surface area contributed by atoms with Gasteiger partial charge < -0.3 is 48.7 Å². The second kappa shape index (κ2) is 16.3. The van der Waals surface area contributed by atoms with Crippen LogP contribution in [-0.4, -0.2) is 89.6 Å². The molecule has 36 heavy (non-hydrogen) atoms. The summed E-state index contributed by atoms with van der Waals surface area (Å²) >= 11 is 0. The van der Waals surface area contributed by atoms with Crippen molar-refractivity contribution < 1.29 is 34.2 Å². The quantitative estimate of drug-likeness (QED) is 0.0534. The summed E-state index contributed by atoms with van der Waals surface area (Å²) < 4.78 is 0. The summed E-state index contributed by atoms with van der Waals surface area (Å²) in [7, 11) is 0. The number of carboxylic acid groups (broad SMARTS) is 2. The highest BCUT2D eigenvalue weighted by Gasteiger charge is 2.31. The number of carbonyl (C=O) groups is 5. The summed E-state index contributed by atoms with van der Waals surface area (Å²) in [6.45, 7) is 1.25. The lowest BCUT2D eigenvalue weighted by Crippen LogP contribution is -2.57. The highest BCUT2D eigenvalue weighted by molar-refractivity contribution is 5.94. The van der Waals surface area contributed by atoms with Crippen molar-refractivity contribution in [2.24, 2.45) is 22.2 Å². The van der Waals surface area contributed by atoms with Gasteiger partial charge in [-0.25, -0.2) is 4.79 Å². The maximum atomic E-state index is 13.1. The Balaban J connectivity index is 2.96. The molecule has 0 radical (unpaired) electrons. The first kappa shape index (κ1) is 30.6. The molecule has 0 aliphatic carbocycles. The van der Waals surface area contributed by atoms with Crippen LogP contribution in [0.4, 0.5) is 0 Å². The number of aliphatic carboxylic acids is 2. The fourth-order valence-electron chi connectivity index (χ4n) is 3.63. The Labute approximate surface area is 209 Å². The molecular formula is C21H38N8O7. The first-order chi connectivity index (χ1) is 17.0. The molecule has 204 valence electrons. The van der Waals surface area contributed by atoms with Crippen LogP contribution in [0.1, 0.15) is 51.4 Å². The van der Waals surface area contributed by atoms with E-state index in [1.807, 2.05) is 0 Å². The summed E-state index contributed by atoms with van der Waals surface area (Å²) in [5, 5.41) is 28.6. The third kappa shape index (κ3) is 11.8. The van der Waals surface area contributed by atoms with Gasteiger partial charge in [0.05, 0.1) is 12.5 Å². The van der Waals surface area contributed by atoms with Crippen LogP contribution in [0.25, 0.3) is 0 Å². The van der Waals surface area contributed by atoms with Crippen molar-refractivity contribution in [1.82, 2.24) is 21.3 Å². The van der Waals surface area contributed by atoms with Gasteiger partial charge in [-0.1, -0.05) is 0 Å². The highest BCUT2D eigenvalue weighted by atomic mass is 16.4. The van der Waals surface area contributed by atoms with Gasteiger partial charge in [0.25, 0.3) is 0 Å². The molecule has 1 aliphatic rings. The average Bonchev–Trinajstić information content (AvgIpc) is 3.34. The Morgan fingerprint density at radius 1 is 0.917 bits per heavy atom. The van der Waals surface area contributed by atoms with E-state index in [-0.39, 0.29) is 31.3 Å². The van der Waals surface area contributed by atoms with Gasteiger partial charge in [-0.3, -0.25) is 24.2 Å². The van der Waals surface area contributed by atoms with E-state index < -0.39 is 54.3 Å². The molecule has 0 aromatic carbocycles. The summed E-state index contributed by atoms with van der Waals surface area (Å²) in [5.74, 6) is -4.89. The molecule has 0 aromatic heterocycles.